The number of nitrogens with two attached hydrogens (primary N) is 1. The minimum Gasteiger partial charge on any atom is -0.369 e. The molecular formula is C26H22ClN5O3S2. The quantitative estimate of drug-likeness (QED) is 0.358. The maximum absolute atomic E-state index is 13.1. The van der Waals surface area contributed by atoms with Crippen LogP contribution in [0.5, 0.6) is 0 Å². The molecule has 1 unspecified atom stereocenters. The van der Waals surface area contributed by atoms with Crippen molar-refractivity contribution in [3.63, 3.8) is 0 Å². The van der Waals surface area contributed by atoms with Crippen LogP contribution in [0.3, 0.4) is 0 Å². The van der Waals surface area contributed by atoms with Gasteiger partial charge in [0.05, 0.1) is 28.0 Å². The van der Waals surface area contributed by atoms with Crippen LogP contribution in [0.25, 0.3) is 0 Å². The van der Waals surface area contributed by atoms with E-state index in [1.165, 1.54) is 29.3 Å². The van der Waals surface area contributed by atoms with Gasteiger partial charge in [-0.1, -0.05) is 65.8 Å². The topological polar surface area (TPSA) is 129 Å². The summed E-state index contributed by atoms with van der Waals surface area (Å²) < 4.78 is 30.3. The standard InChI is InChI=1S/C26H22ClN5O3S2/c27-21-10-8-20(9-11-21)25-23(19-4-2-1-3-5-19)14-15-32(30-25)26(36-17-24(29)33)31-37(34,35)22-12-6-18(16-28)7-13-22/h1-13,23H,14-15,17H2,(H2,29,33)/b31-26-. The normalized spacial score (nSPS) is 16.1. The Morgan fingerprint density at radius 3 is 2.41 bits per heavy atom. The van der Waals surface area contributed by atoms with Gasteiger partial charge >= 0.3 is 0 Å². The lowest BCUT2D eigenvalue weighted by molar-refractivity contribution is -0.115. The fourth-order valence-electron chi connectivity index (χ4n) is 3.81. The number of hydrogen-bond donors (Lipinski definition) is 1. The zero-order chi connectivity index (χ0) is 26.4. The summed E-state index contributed by atoms with van der Waals surface area (Å²) >= 11 is 7.01. The first-order chi connectivity index (χ1) is 17.8. The first-order valence-corrected chi connectivity index (χ1v) is 14.0. The largest absolute Gasteiger partial charge is 0.369 e. The Hall–Kier alpha value is -3.65. The molecule has 1 atom stereocenters. The van der Waals surface area contributed by atoms with Crippen molar-refractivity contribution in [3.05, 3.63) is 101 Å². The van der Waals surface area contributed by atoms with Gasteiger partial charge in [-0.3, -0.25) is 4.79 Å². The molecule has 2 N–H and O–H groups in total. The van der Waals surface area contributed by atoms with Gasteiger partial charge < -0.3 is 5.73 Å². The Morgan fingerprint density at radius 1 is 1.11 bits per heavy atom. The zero-order valence-electron chi connectivity index (χ0n) is 19.5. The summed E-state index contributed by atoms with van der Waals surface area (Å²) in [7, 11) is -4.16. The first kappa shape index (κ1) is 26.4. The molecule has 3 aromatic rings. The highest BCUT2D eigenvalue weighted by Crippen LogP contribution is 2.31. The minimum absolute atomic E-state index is 0.0288. The predicted octanol–water partition coefficient (Wildman–Crippen LogP) is 4.37. The van der Waals surface area contributed by atoms with E-state index in [9.17, 15) is 13.2 Å². The van der Waals surface area contributed by atoms with Crippen LogP contribution < -0.4 is 5.73 Å². The van der Waals surface area contributed by atoms with E-state index in [0.29, 0.717) is 23.6 Å². The molecule has 8 nitrogen and oxygen atoms in total. The Balaban J connectivity index is 1.78. The summed E-state index contributed by atoms with van der Waals surface area (Å²) in [6.45, 7) is 0.365. The van der Waals surface area contributed by atoms with Gasteiger partial charge in [-0.25, -0.2) is 5.01 Å². The van der Waals surface area contributed by atoms with Gasteiger partial charge in [0.25, 0.3) is 10.0 Å². The molecular weight excluding hydrogens is 530 g/mol. The number of rotatable bonds is 6. The third-order valence-electron chi connectivity index (χ3n) is 5.57. The molecule has 0 aromatic heterocycles. The number of hydrazone groups is 1. The summed E-state index contributed by atoms with van der Waals surface area (Å²) in [4.78, 5) is 11.5. The van der Waals surface area contributed by atoms with Crippen LogP contribution >= 0.6 is 23.4 Å². The van der Waals surface area contributed by atoms with Crippen molar-refractivity contribution in [1.29, 1.82) is 5.26 Å². The number of nitriles is 1. The minimum atomic E-state index is -4.16. The molecule has 0 fully saturated rings. The fraction of sp³-hybridized carbons (Fsp3) is 0.154. The number of sulfonamides is 1. The fourth-order valence-corrected chi connectivity index (χ4v) is 5.88. The Morgan fingerprint density at radius 2 is 1.78 bits per heavy atom. The van der Waals surface area contributed by atoms with E-state index in [1.807, 2.05) is 48.5 Å². The van der Waals surface area contributed by atoms with Crippen molar-refractivity contribution in [2.75, 3.05) is 12.3 Å². The van der Waals surface area contributed by atoms with Crippen molar-refractivity contribution in [1.82, 2.24) is 5.01 Å². The van der Waals surface area contributed by atoms with Gasteiger partial charge in [0.2, 0.25) is 5.91 Å². The monoisotopic (exact) mass is 551 g/mol. The summed E-state index contributed by atoms with van der Waals surface area (Å²) in [5.74, 6) is -0.836. The summed E-state index contributed by atoms with van der Waals surface area (Å²) in [6, 6.07) is 24.6. The number of primary amides is 1. The number of amidine groups is 1. The van der Waals surface area contributed by atoms with Crippen LogP contribution in [0.2, 0.25) is 5.02 Å². The molecule has 1 aliphatic rings. The molecule has 0 saturated carbocycles. The number of benzene rings is 3. The third-order valence-corrected chi connectivity index (χ3v) is 8.21. The highest BCUT2D eigenvalue weighted by Gasteiger charge is 2.29. The van der Waals surface area contributed by atoms with Crippen LogP contribution in [-0.4, -0.2) is 42.5 Å². The second-order valence-electron chi connectivity index (χ2n) is 8.11. The van der Waals surface area contributed by atoms with Gasteiger partial charge in [-0.15, -0.1) is 4.40 Å². The Bertz CT molecular complexity index is 1480. The van der Waals surface area contributed by atoms with E-state index >= 15 is 0 Å². The highest BCUT2D eigenvalue weighted by atomic mass is 35.5. The zero-order valence-corrected chi connectivity index (χ0v) is 21.9. The molecule has 37 heavy (non-hydrogen) atoms. The van der Waals surface area contributed by atoms with Crippen LogP contribution in [0.1, 0.15) is 29.0 Å². The third kappa shape index (κ3) is 6.57. The number of carbonyl (C=O) groups is 1. The van der Waals surface area contributed by atoms with E-state index in [-0.39, 0.29) is 21.7 Å². The van der Waals surface area contributed by atoms with Crippen LogP contribution in [-0.2, 0) is 14.8 Å². The molecule has 0 aliphatic carbocycles. The molecule has 1 amide bonds. The lowest BCUT2D eigenvalue weighted by Crippen LogP contribution is -2.35. The van der Waals surface area contributed by atoms with Crippen molar-refractivity contribution in [2.45, 2.75) is 17.2 Å². The number of thioether (sulfide) groups is 1. The van der Waals surface area contributed by atoms with Gasteiger partial charge in [0.1, 0.15) is 0 Å². The lowest BCUT2D eigenvalue weighted by Gasteiger charge is -2.31. The number of hydrogen-bond acceptors (Lipinski definition) is 6. The van der Waals surface area contributed by atoms with Crippen molar-refractivity contribution < 1.29 is 13.2 Å². The van der Waals surface area contributed by atoms with E-state index in [4.69, 9.17) is 27.7 Å². The Labute approximate surface area is 224 Å². The number of amides is 1. The second kappa shape index (κ2) is 11.6. The van der Waals surface area contributed by atoms with Crippen LogP contribution in [0, 0.1) is 11.3 Å². The first-order valence-electron chi connectivity index (χ1n) is 11.2. The van der Waals surface area contributed by atoms with Gasteiger partial charge in [-0.05, 0) is 53.9 Å². The molecule has 4 rings (SSSR count). The number of halogens is 1. The number of carbonyl (C=O) groups excluding carboxylic acids is 1. The smallest absolute Gasteiger partial charge is 0.284 e. The average molecular weight is 552 g/mol. The van der Waals surface area contributed by atoms with Crippen LogP contribution in [0.15, 0.2) is 93.3 Å². The lowest BCUT2D eigenvalue weighted by atomic mass is 9.86. The molecule has 0 saturated heterocycles. The van der Waals surface area contributed by atoms with Crippen molar-refractivity contribution in [2.24, 2.45) is 15.2 Å². The molecule has 0 spiro atoms. The Kier molecular flexibility index (Phi) is 8.28. The molecule has 11 heteroatoms. The molecule has 0 radical (unpaired) electrons. The van der Waals surface area contributed by atoms with Gasteiger partial charge in [0, 0.05) is 17.5 Å². The van der Waals surface area contributed by atoms with Crippen LogP contribution in [0.4, 0.5) is 0 Å². The second-order valence-corrected chi connectivity index (χ2v) is 11.1. The maximum Gasteiger partial charge on any atom is 0.284 e. The average Bonchev–Trinajstić information content (AvgIpc) is 2.91. The van der Waals surface area contributed by atoms with Gasteiger partial charge in [0.15, 0.2) is 5.17 Å². The summed E-state index contributed by atoms with van der Waals surface area (Å²) in [6.07, 6.45) is 0.624. The highest BCUT2D eigenvalue weighted by molar-refractivity contribution is 8.14. The molecule has 1 aliphatic heterocycles. The summed E-state index contributed by atoms with van der Waals surface area (Å²) in [5, 5.41) is 15.9. The molecule has 0 bridgehead atoms. The molecule has 1 heterocycles. The van der Waals surface area contributed by atoms with Crippen molar-refractivity contribution in [3.8, 4) is 6.07 Å². The molecule has 3 aromatic carbocycles. The number of nitrogens with zero attached hydrogens (tertiary/aromatic N) is 4. The molecule has 188 valence electrons. The van der Waals surface area contributed by atoms with Crippen molar-refractivity contribution >= 4 is 50.2 Å². The SMILES string of the molecule is N#Cc1ccc(S(=O)(=O)/N=C(\SCC(N)=O)N2CCC(c3ccccc3)C(c3ccc(Cl)cc3)=N2)cc1. The summed E-state index contributed by atoms with van der Waals surface area (Å²) in [5.41, 5.74) is 8.30. The van der Waals surface area contributed by atoms with E-state index in [0.717, 1.165) is 28.6 Å². The van der Waals surface area contributed by atoms with E-state index in [1.54, 1.807) is 12.1 Å². The predicted molar refractivity (Wildman–Crippen MR) is 146 cm³/mol. The van der Waals surface area contributed by atoms with E-state index in [2.05, 4.69) is 4.40 Å². The van der Waals surface area contributed by atoms with Gasteiger partial charge in [-0.2, -0.15) is 18.8 Å². The van der Waals surface area contributed by atoms with E-state index < -0.39 is 15.9 Å². The maximum atomic E-state index is 13.1.